The van der Waals surface area contributed by atoms with Gasteiger partial charge in [-0.1, -0.05) is 172 Å². The van der Waals surface area contributed by atoms with Crippen molar-refractivity contribution in [3.05, 3.63) is 193 Å². The molecule has 0 aromatic heterocycles. The molecule has 0 heterocycles. The third-order valence-electron chi connectivity index (χ3n) is 11.2. The second-order valence-electron chi connectivity index (χ2n) is 14.5. The van der Waals surface area contributed by atoms with Gasteiger partial charge in [0.25, 0.3) is 0 Å². The molecule has 0 nitrogen and oxygen atoms in total. The van der Waals surface area contributed by atoms with E-state index in [4.69, 9.17) is 0 Å². The van der Waals surface area contributed by atoms with E-state index >= 15 is 0 Å². The lowest BCUT2D eigenvalue weighted by molar-refractivity contribution is 0.661. The second-order valence-corrected chi connectivity index (χ2v) is 14.5. The molecule has 51 heavy (non-hydrogen) atoms. The molecular weight excluding hydrogens is 613 g/mol. The minimum absolute atomic E-state index is 0.112. The number of hydrogen-bond acceptors (Lipinski definition) is 0. The Kier molecular flexibility index (Phi) is 6.63. The van der Waals surface area contributed by atoms with Crippen LogP contribution in [0, 0.1) is 0 Å². The molecule has 10 rings (SSSR count). The monoisotopic (exact) mass is 648 g/mol. The summed E-state index contributed by atoms with van der Waals surface area (Å²) >= 11 is 0. The molecule has 0 aliphatic heterocycles. The summed E-state index contributed by atoms with van der Waals surface area (Å²) in [6, 6.07) is 67.5. The van der Waals surface area contributed by atoms with E-state index in [9.17, 15) is 0 Å². The van der Waals surface area contributed by atoms with E-state index in [1.165, 1.54) is 99.1 Å². The first-order chi connectivity index (χ1) is 25.1. The van der Waals surface area contributed by atoms with Crippen LogP contribution in [0.15, 0.2) is 182 Å². The van der Waals surface area contributed by atoms with Gasteiger partial charge in [0.05, 0.1) is 0 Å². The summed E-state index contributed by atoms with van der Waals surface area (Å²) in [5.41, 5.74) is 15.3. The van der Waals surface area contributed by atoms with E-state index in [0.29, 0.717) is 0 Å². The van der Waals surface area contributed by atoms with Gasteiger partial charge < -0.3 is 0 Å². The zero-order valence-corrected chi connectivity index (χ0v) is 28.8. The van der Waals surface area contributed by atoms with Gasteiger partial charge >= 0.3 is 0 Å². The molecule has 9 aromatic rings. The molecule has 0 spiro atoms. The van der Waals surface area contributed by atoms with Crippen molar-refractivity contribution in [2.75, 3.05) is 0 Å². The van der Waals surface area contributed by atoms with Crippen molar-refractivity contribution in [3.8, 4) is 55.6 Å². The zero-order chi connectivity index (χ0) is 34.1. The Labute approximate surface area is 299 Å². The number of fused-ring (bicyclic) bond motifs is 6. The predicted molar refractivity (Wildman–Crippen MR) is 218 cm³/mol. The third kappa shape index (κ3) is 4.60. The molecule has 0 saturated carbocycles. The molecule has 1 aliphatic rings. The number of hydrogen-bond donors (Lipinski definition) is 0. The Morgan fingerprint density at radius 3 is 1.69 bits per heavy atom. The van der Waals surface area contributed by atoms with Crippen LogP contribution < -0.4 is 0 Å². The molecule has 0 bridgehead atoms. The maximum atomic E-state index is 2.53. The van der Waals surface area contributed by atoms with Crippen molar-refractivity contribution < 1.29 is 0 Å². The molecule has 0 fully saturated rings. The van der Waals surface area contributed by atoms with Crippen molar-refractivity contribution in [1.29, 1.82) is 0 Å². The van der Waals surface area contributed by atoms with Gasteiger partial charge in [0.2, 0.25) is 0 Å². The van der Waals surface area contributed by atoms with E-state index in [1.54, 1.807) is 0 Å². The van der Waals surface area contributed by atoms with Gasteiger partial charge in [0.1, 0.15) is 0 Å². The van der Waals surface area contributed by atoms with Crippen LogP contribution in [0.4, 0.5) is 0 Å². The normalized spacial score (nSPS) is 13.1. The average Bonchev–Trinajstić information content (AvgIpc) is 3.41. The summed E-state index contributed by atoms with van der Waals surface area (Å²) in [6.07, 6.45) is 0. The highest BCUT2D eigenvalue weighted by Crippen LogP contribution is 2.54. The Bertz CT molecular complexity index is 2800. The molecule has 0 atom stereocenters. The van der Waals surface area contributed by atoms with E-state index in [2.05, 4.69) is 196 Å². The Hall–Kier alpha value is -6.24. The van der Waals surface area contributed by atoms with Crippen LogP contribution in [-0.2, 0) is 5.41 Å². The van der Waals surface area contributed by atoms with Crippen LogP contribution in [-0.4, -0.2) is 0 Å². The van der Waals surface area contributed by atoms with Gasteiger partial charge in [-0.25, -0.2) is 0 Å². The minimum Gasteiger partial charge on any atom is -0.0622 e. The van der Waals surface area contributed by atoms with E-state index in [-0.39, 0.29) is 5.41 Å². The van der Waals surface area contributed by atoms with Gasteiger partial charge in [-0.15, -0.1) is 0 Å². The lowest BCUT2D eigenvalue weighted by Gasteiger charge is -2.24. The van der Waals surface area contributed by atoms with Crippen molar-refractivity contribution in [2.45, 2.75) is 19.3 Å². The summed E-state index contributed by atoms with van der Waals surface area (Å²) in [5.74, 6) is 0. The molecule has 0 unspecified atom stereocenters. The summed E-state index contributed by atoms with van der Waals surface area (Å²) in [4.78, 5) is 0. The first kappa shape index (κ1) is 29.7. The summed E-state index contributed by atoms with van der Waals surface area (Å²) in [5, 5.41) is 7.64. The average molecular weight is 649 g/mol. The molecule has 0 heteroatoms. The zero-order valence-electron chi connectivity index (χ0n) is 28.8. The number of rotatable bonds is 4. The summed E-state index contributed by atoms with van der Waals surface area (Å²) in [6.45, 7) is 4.77. The van der Waals surface area contributed by atoms with Crippen LogP contribution in [0.1, 0.15) is 25.0 Å². The maximum absolute atomic E-state index is 2.53. The van der Waals surface area contributed by atoms with Gasteiger partial charge in [-0.2, -0.15) is 0 Å². The highest BCUT2D eigenvalue weighted by molar-refractivity contribution is 6.24. The molecule has 9 aromatic carbocycles. The highest BCUT2D eigenvalue weighted by Gasteiger charge is 2.36. The molecule has 0 N–H and O–H groups in total. The third-order valence-corrected chi connectivity index (χ3v) is 11.2. The molecule has 240 valence electrons. The lowest BCUT2D eigenvalue weighted by Crippen LogP contribution is -2.14. The van der Waals surface area contributed by atoms with Crippen molar-refractivity contribution in [2.24, 2.45) is 0 Å². The fraction of sp³-hybridized carbons (Fsp3) is 0.0588. The summed E-state index contributed by atoms with van der Waals surface area (Å²) < 4.78 is 0. The van der Waals surface area contributed by atoms with Crippen LogP contribution in [0.2, 0.25) is 0 Å². The number of benzene rings is 9. The maximum Gasteiger partial charge on any atom is 0.0159 e. The van der Waals surface area contributed by atoms with Crippen LogP contribution in [0.5, 0.6) is 0 Å². The Morgan fingerprint density at radius 2 is 0.902 bits per heavy atom. The van der Waals surface area contributed by atoms with Crippen molar-refractivity contribution >= 4 is 32.3 Å². The van der Waals surface area contributed by atoms with E-state index in [1.807, 2.05) is 0 Å². The lowest BCUT2D eigenvalue weighted by atomic mass is 9.79. The largest absolute Gasteiger partial charge is 0.0622 e. The standard InChI is InChI=1S/C51H36/c1-51(2)47-24-14-13-21-39(47)44-31-45-46(32-48(44)51)49(38-26-25-34-17-9-10-20-36(34)29-38)40-22-11-12-23-41(40)50(45)42-28-27-37(33-15-5-3-6-16-33)30-43(42)35-18-7-4-8-19-35/h3-32H,1-2H3. The van der Waals surface area contributed by atoms with Crippen molar-refractivity contribution in [1.82, 2.24) is 0 Å². The molecule has 0 saturated heterocycles. The van der Waals surface area contributed by atoms with Gasteiger partial charge in [0, 0.05) is 5.41 Å². The van der Waals surface area contributed by atoms with Crippen LogP contribution in [0.3, 0.4) is 0 Å². The van der Waals surface area contributed by atoms with E-state index in [0.717, 1.165) is 0 Å². The van der Waals surface area contributed by atoms with Gasteiger partial charge in [-0.05, 0) is 123 Å². The quantitative estimate of drug-likeness (QED) is 0.167. The smallest absolute Gasteiger partial charge is 0.0159 e. The van der Waals surface area contributed by atoms with Gasteiger partial charge in [-0.3, -0.25) is 0 Å². The van der Waals surface area contributed by atoms with Crippen LogP contribution in [0.25, 0.3) is 88.0 Å². The first-order valence-corrected chi connectivity index (χ1v) is 17.9. The molecule has 0 radical (unpaired) electrons. The highest BCUT2D eigenvalue weighted by atomic mass is 14.4. The van der Waals surface area contributed by atoms with Gasteiger partial charge in [0.15, 0.2) is 0 Å². The molecular formula is C51H36. The molecule has 1 aliphatic carbocycles. The minimum atomic E-state index is -0.112. The van der Waals surface area contributed by atoms with Crippen molar-refractivity contribution in [3.63, 3.8) is 0 Å². The van der Waals surface area contributed by atoms with E-state index < -0.39 is 0 Å². The first-order valence-electron chi connectivity index (χ1n) is 17.9. The topological polar surface area (TPSA) is 0 Å². The summed E-state index contributed by atoms with van der Waals surface area (Å²) in [7, 11) is 0. The second kappa shape index (κ2) is 11.4. The molecule has 0 amide bonds. The van der Waals surface area contributed by atoms with Crippen LogP contribution >= 0.6 is 0 Å². The fourth-order valence-electron chi connectivity index (χ4n) is 8.75. The Balaban J connectivity index is 1.37. The predicted octanol–water partition coefficient (Wildman–Crippen LogP) is 14.1. The fourth-order valence-corrected chi connectivity index (χ4v) is 8.75. The Morgan fingerprint density at radius 1 is 0.294 bits per heavy atom. The SMILES string of the molecule is CC1(C)c2ccccc2-c2cc3c(-c4ccc(-c5ccccc5)cc4-c4ccccc4)c4ccccc4c(-c4ccc5ccccc5c4)c3cc21.